The van der Waals surface area contributed by atoms with Gasteiger partial charge in [0.25, 0.3) is 5.56 Å². The molecule has 0 saturated carbocycles. The number of aromatic nitrogens is 1. The summed E-state index contributed by atoms with van der Waals surface area (Å²) >= 11 is 13.1. The standard InChI is InChI=1S/C27H29Cl2N5O4/c1-33(2)11-5-6-22(35)32-18-9-7-16(8-10-18)15-34-26(31)17(14-30)12-19(27(34)36)23-24(28)20(37-3)13-21(38-4)25(23)29/h5-10,12-14,30H,11,15,31H2,1-4H3,(H,32,35)/b6-5+,30-14?. The zero-order valence-electron chi connectivity index (χ0n) is 21.5. The number of halogens is 2. The first-order valence-electron chi connectivity index (χ1n) is 11.5. The van der Waals surface area contributed by atoms with Gasteiger partial charge < -0.3 is 30.8 Å². The maximum Gasteiger partial charge on any atom is 0.260 e. The molecule has 200 valence electrons. The summed E-state index contributed by atoms with van der Waals surface area (Å²) in [4.78, 5) is 27.7. The van der Waals surface area contributed by atoms with E-state index in [-0.39, 0.29) is 50.9 Å². The zero-order chi connectivity index (χ0) is 28.0. The van der Waals surface area contributed by atoms with Crippen LogP contribution in [0.25, 0.3) is 11.1 Å². The van der Waals surface area contributed by atoms with Gasteiger partial charge in [-0.3, -0.25) is 14.2 Å². The third-order valence-electron chi connectivity index (χ3n) is 5.66. The van der Waals surface area contributed by atoms with E-state index in [9.17, 15) is 9.59 Å². The van der Waals surface area contributed by atoms with Crippen LogP contribution in [0.2, 0.25) is 10.0 Å². The number of nitrogens with one attached hydrogen (secondary N) is 2. The molecule has 0 unspecified atom stereocenters. The van der Waals surface area contributed by atoms with E-state index < -0.39 is 5.56 Å². The van der Waals surface area contributed by atoms with Gasteiger partial charge in [-0.25, -0.2) is 0 Å². The van der Waals surface area contributed by atoms with E-state index in [0.29, 0.717) is 17.8 Å². The van der Waals surface area contributed by atoms with Crippen LogP contribution in [0.3, 0.4) is 0 Å². The van der Waals surface area contributed by atoms with Crippen molar-refractivity contribution in [1.82, 2.24) is 9.47 Å². The minimum atomic E-state index is -0.462. The van der Waals surface area contributed by atoms with Gasteiger partial charge in [-0.1, -0.05) is 41.4 Å². The first-order chi connectivity index (χ1) is 18.1. The number of rotatable bonds is 10. The Morgan fingerprint density at radius 3 is 2.24 bits per heavy atom. The number of carbonyl (C=O) groups is 1. The van der Waals surface area contributed by atoms with Gasteiger partial charge in [-0.2, -0.15) is 0 Å². The molecule has 38 heavy (non-hydrogen) atoms. The topological polar surface area (TPSA) is 123 Å². The number of pyridine rings is 1. The second-order valence-electron chi connectivity index (χ2n) is 8.57. The summed E-state index contributed by atoms with van der Waals surface area (Å²) in [6.45, 7) is 0.755. The van der Waals surface area contributed by atoms with E-state index in [1.165, 1.54) is 37.0 Å². The van der Waals surface area contributed by atoms with Gasteiger partial charge >= 0.3 is 0 Å². The molecular weight excluding hydrogens is 529 g/mol. The van der Waals surface area contributed by atoms with E-state index in [1.54, 1.807) is 30.3 Å². The number of hydrogen-bond donors (Lipinski definition) is 3. The van der Waals surface area contributed by atoms with Crippen LogP contribution in [0.4, 0.5) is 11.5 Å². The minimum absolute atomic E-state index is 0.104. The first kappa shape index (κ1) is 28.8. The number of amides is 1. The van der Waals surface area contributed by atoms with Crippen LogP contribution in [0.15, 0.2) is 53.3 Å². The van der Waals surface area contributed by atoms with Crippen molar-refractivity contribution >= 4 is 46.8 Å². The fourth-order valence-electron chi connectivity index (χ4n) is 3.71. The van der Waals surface area contributed by atoms with Crippen LogP contribution in [0.1, 0.15) is 11.1 Å². The molecule has 0 saturated heterocycles. The van der Waals surface area contributed by atoms with Crippen LogP contribution in [-0.4, -0.2) is 56.4 Å². The summed E-state index contributed by atoms with van der Waals surface area (Å²) in [5, 5.41) is 10.9. The molecule has 0 bridgehead atoms. The maximum absolute atomic E-state index is 13.7. The van der Waals surface area contributed by atoms with Gasteiger partial charge in [0, 0.05) is 41.7 Å². The molecule has 3 rings (SSSR count). The fourth-order valence-corrected chi connectivity index (χ4v) is 4.41. The Labute approximate surface area is 230 Å². The van der Waals surface area contributed by atoms with Gasteiger partial charge in [0.2, 0.25) is 5.91 Å². The number of anilines is 2. The van der Waals surface area contributed by atoms with E-state index in [4.69, 9.17) is 43.8 Å². The van der Waals surface area contributed by atoms with Crippen molar-refractivity contribution in [1.29, 1.82) is 5.41 Å². The fraction of sp³-hybridized carbons (Fsp3) is 0.222. The van der Waals surface area contributed by atoms with Crippen molar-refractivity contribution in [2.75, 3.05) is 45.9 Å². The highest BCUT2D eigenvalue weighted by Crippen LogP contribution is 2.45. The molecular formula is C27H29Cl2N5O4. The number of ether oxygens (including phenoxy) is 2. The predicted octanol–water partition coefficient (Wildman–Crippen LogP) is 4.52. The Morgan fingerprint density at radius 1 is 1.11 bits per heavy atom. The summed E-state index contributed by atoms with van der Waals surface area (Å²) in [5.41, 5.74) is 7.81. The van der Waals surface area contributed by atoms with Crippen molar-refractivity contribution in [2.45, 2.75) is 6.54 Å². The molecule has 11 heteroatoms. The number of nitrogen functional groups attached to an aromatic ring is 1. The number of hydrogen-bond acceptors (Lipinski definition) is 7. The SMILES string of the molecule is COc1cc(OC)c(Cl)c(-c2cc(C=N)c(N)n(Cc3ccc(NC(=O)/C=C/CN(C)C)cc3)c2=O)c1Cl. The lowest BCUT2D eigenvalue weighted by molar-refractivity contribution is -0.111. The van der Waals surface area contributed by atoms with Crippen molar-refractivity contribution < 1.29 is 14.3 Å². The Morgan fingerprint density at radius 2 is 1.71 bits per heavy atom. The first-order valence-corrected chi connectivity index (χ1v) is 12.2. The quantitative estimate of drug-likeness (QED) is 0.248. The molecule has 4 N–H and O–H groups in total. The Hall–Kier alpha value is -3.79. The summed E-state index contributed by atoms with van der Waals surface area (Å²) < 4.78 is 12.0. The third-order valence-corrected chi connectivity index (χ3v) is 6.41. The molecule has 1 aromatic heterocycles. The van der Waals surface area contributed by atoms with Crippen LogP contribution < -0.4 is 26.1 Å². The van der Waals surface area contributed by atoms with Crippen LogP contribution >= 0.6 is 23.2 Å². The average Bonchev–Trinajstić information content (AvgIpc) is 2.88. The smallest absolute Gasteiger partial charge is 0.260 e. The van der Waals surface area contributed by atoms with Crippen LogP contribution in [0, 0.1) is 5.41 Å². The molecule has 3 aromatic rings. The maximum atomic E-state index is 13.7. The second-order valence-corrected chi connectivity index (χ2v) is 9.32. The molecule has 0 aliphatic heterocycles. The normalized spacial score (nSPS) is 11.1. The van der Waals surface area contributed by atoms with Crippen LogP contribution in [0.5, 0.6) is 11.5 Å². The van der Waals surface area contributed by atoms with Crippen molar-refractivity contribution in [3.63, 3.8) is 0 Å². The molecule has 0 fully saturated rings. The molecule has 1 amide bonds. The summed E-state index contributed by atoms with van der Waals surface area (Å²) in [6, 6.07) is 10.0. The molecule has 0 aliphatic carbocycles. The van der Waals surface area contributed by atoms with Gasteiger partial charge in [0.05, 0.1) is 36.4 Å². The van der Waals surface area contributed by atoms with E-state index in [2.05, 4.69) is 5.32 Å². The third kappa shape index (κ3) is 6.36. The Balaban J connectivity index is 2.00. The molecule has 0 atom stereocenters. The number of methoxy groups -OCH3 is 2. The number of carbonyl (C=O) groups excluding carboxylic acids is 1. The summed E-state index contributed by atoms with van der Waals surface area (Å²) in [7, 11) is 6.70. The predicted molar refractivity (Wildman–Crippen MR) is 153 cm³/mol. The van der Waals surface area contributed by atoms with Crippen molar-refractivity contribution in [2.24, 2.45) is 0 Å². The summed E-state index contributed by atoms with van der Waals surface area (Å²) in [6.07, 6.45) is 4.29. The highest BCUT2D eigenvalue weighted by molar-refractivity contribution is 6.41. The molecule has 1 heterocycles. The van der Waals surface area contributed by atoms with Gasteiger partial charge in [-0.05, 0) is 37.9 Å². The Kier molecular flexibility index (Phi) is 9.57. The number of nitrogens with two attached hydrogens (primary N) is 1. The zero-order valence-corrected chi connectivity index (χ0v) is 23.0. The number of nitrogens with zero attached hydrogens (tertiary/aromatic N) is 2. The van der Waals surface area contributed by atoms with Crippen molar-refractivity contribution in [3.8, 4) is 22.6 Å². The average molecular weight is 558 g/mol. The van der Waals surface area contributed by atoms with E-state index >= 15 is 0 Å². The minimum Gasteiger partial charge on any atom is -0.495 e. The molecule has 0 radical (unpaired) electrons. The molecule has 9 nitrogen and oxygen atoms in total. The van der Waals surface area contributed by atoms with E-state index in [1.807, 2.05) is 19.0 Å². The van der Waals surface area contributed by atoms with Gasteiger partial charge in [0.1, 0.15) is 17.3 Å². The molecule has 0 aliphatic rings. The monoisotopic (exact) mass is 557 g/mol. The highest BCUT2D eigenvalue weighted by atomic mass is 35.5. The number of likely N-dealkylation sites (N-methyl/N-ethyl adjacent to an activating group) is 1. The number of benzene rings is 2. The lowest BCUT2D eigenvalue weighted by Gasteiger charge is -2.18. The highest BCUT2D eigenvalue weighted by Gasteiger charge is 2.23. The Bertz CT molecular complexity index is 1400. The largest absolute Gasteiger partial charge is 0.495 e. The van der Waals surface area contributed by atoms with Gasteiger partial charge in [0.15, 0.2) is 0 Å². The lowest BCUT2D eigenvalue weighted by Crippen LogP contribution is -2.26. The second kappa shape index (κ2) is 12.6. The van der Waals surface area contributed by atoms with Crippen molar-refractivity contribution in [3.05, 3.63) is 80.1 Å². The summed E-state index contributed by atoms with van der Waals surface area (Å²) in [5.74, 6) is 0.415. The van der Waals surface area contributed by atoms with E-state index in [0.717, 1.165) is 11.8 Å². The lowest BCUT2D eigenvalue weighted by atomic mass is 10.0. The molecule has 2 aromatic carbocycles. The molecule has 0 spiro atoms. The van der Waals surface area contributed by atoms with Gasteiger partial charge in [-0.15, -0.1) is 0 Å². The van der Waals surface area contributed by atoms with Crippen LogP contribution in [-0.2, 0) is 11.3 Å².